The zero-order chi connectivity index (χ0) is 21.0. The average molecular weight is 416 g/mol. The number of benzene rings is 2. The number of carbonyl (C=O) groups excluding carboxylic acids is 1. The molecule has 7 nitrogen and oxygen atoms in total. The molecular weight excluding hydrogens is 395 g/mol. The van der Waals surface area contributed by atoms with Crippen LogP contribution in [0.15, 0.2) is 47.6 Å². The van der Waals surface area contributed by atoms with Gasteiger partial charge in [-0.2, -0.15) is 0 Å². The summed E-state index contributed by atoms with van der Waals surface area (Å²) in [4.78, 5) is 12.6. The van der Waals surface area contributed by atoms with Gasteiger partial charge in [0.1, 0.15) is 5.82 Å². The van der Waals surface area contributed by atoms with Gasteiger partial charge in [-0.25, -0.2) is 4.39 Å². The molecule has 29 heavy (non-hydrogen) atoms. The van der Waals surface area contributed by atoms with Crippen LogP contribution in [0.25, 0.3) is 11.4 Å². The van der Waals surface area contributed by atoms with Crippen LogP contribution in [0.2, 0.25) is 0 Å². The predicted octanol–water partition coefficient (Wildman–Crippen LogP) is 3.76. The van der Waals surface area contributed by atoms with E-state index in [1.807, 2.05) is 0 Å². The number of carbonyl (C=O) groups is 1. The molecule has 1 amide bonds. The number of hydrogen-bond donors (Lipinski definition) is 1. The lowest BCUT2D eigenvalue weighted by molar-refractivity contribution is -0.115. The molecule has 0 fully saturated rings. The van der Waals surface area contributed by atoms with Crippen LogP contribution in [0.4, 0.5) is 10.1 Å². The number of nitrogens with zero attached hydrogens (tertiary/aromatic N) is 3. The van der Waals surface area contributed by atoms with E-state index < -0.39 is 5.25 Å². The summed E-state index contributed by atoms with van der Waals surface area (Å²) >= 11 is 1.28. The maximum atomic E-state index is 13.1. The zero-order valence-corrected chi connectivity index (χ0v) is 17.3. The third-order valence-corrected chi connectivity index (χ3v) is 5.37. The Labute approximate surface area is 172 Å². The normalized spacial score (nSPS) is 11.8. The Kier molecular flexibility index (Phi) is 6.38. The van der Waals surface area contributed by atoms with Crippen LogP contribution in [0, 0.1) is 5.82 Å². The van der Waals surface area contributed by atoms with Crippen molar-refractivity contribution in [1.29, 1.82) is 0 Å². The molecule has 152 valence electrons. The molecule has 1 N–H and O–H groups in total. The minimum absolute atomic E-state index is 0.187. The SMILES string of the molecule is COc1ccc(NC(=O)[C@H](C)Sc2nnc(-c3ccc(F)cc3)n2C)cc1OC. The van der Waals surface area contributed by atoms with Crippen molar-refractivity contribution < 1.29 is 18.7 Å². The molecule has 0 bridgehead atoms. The first-order chi connectivity index (χ1) is 13.9. The van der Waals surface area contributed by atoms with Crippen molar-refractivity contribution in [2.45, 2.75) is 17.3 Å². The van der Waals surface area contributed by atoms with Crippen LogP contribution in [0.3, 0.4) is 0 Å². The van der Waals surface area contributed by atoms with Crippen molar-refractivity contribution in [3.63, 3.8) is 0 Å². The van der Waals surface area contributed by atoms with Gasteiger partial charge in [0.15, 0.2) is 22.5 Å². The zero-order valence-electron chi connectivity index (χ0n) is 16.5. The number of amides is 1. The largest absolute Gasteiger partial charge is 0.493 e. The fraction of sp³-hybridized carbons (Fsp3) is 0.250. The molecule has 0 unspecified atom stereocenters. The van der Waals surface area contributed by atoms with Gasteiger partial charge in [-0.3, -0.25) is 4.79 Å². The second kappa shape index (κ2) is 8.95. The van der Waals surface area contributed by atoms with Crippen LogP contribution >= 0.6 is 11.8 Å². The summed E-state index contributed by atoms with van der Waals surface area (Å²) in [6.07, 6.45) is 0. The quantitative estimate of drug-likeness (QED) is 0.591. The van der Waals surface area contributed by atoms with E-state index in [-0.39, 0.29) is 11.7 Å². The van der Waals surface area contributed by atoms with Crippen LogP contribution in [0.5, 0.6) is 11.5 Å². The molecule has 3 rings (SSSR count). The van der Waals surface area contributed by atoms with E-state index in [9.17, 15) is 9.18 Å². The fourth-order valence-electron chi connectivity index (χ4n) is 2.64. The number of methoxy groups -OCH3 is 2. The van der Waals surface area contributed by atoms with Crippen LogP contribution in [-0.4, -0.2) is 40.1 Å². The molecule has 2 aromatic carbocycles. The minimum Gasteiger partial charge on any atom is -0.493 e. The second-order valence-corrected chi connectivity index (χ2v) is 7.50. The molecule has 1 heterocycles. The fourth-order valence-corrected chi connectivity index (χ4v) is 3.45. The molecule has 3 aromatic rings. The first-order valence-corrected chi connectivity index (χ1v) is 9.65. The Morgan fingerprint density at radius 1 is 1.10 bits per heavy atom. The molecular formula is C20H21FN4O3S. The van der Waals surface area contributed by atoms with Gasteiger partial charge < -0.3 is 19.4 Å². The van der Waals surface area contributed by atoms with Crippen LogP contribution < -0.4 is 14.8 Å². The maximum absolute atomic E-state index is 13.1. The number of hydrogen-bond acceptors (Lipinski definition) is 6. The highest BCUT2D eigenvalue weighted by molar-refractivity contribution is 8.00. The lowest BCUT2D eigenvalue weighted by Crippen LogP contribution is -2.22. The van der Waals surface area contributed by atoms with E-state index in [0.29, 0.717) is 28.2 Å². The van der Waals surface area contributed by atoms with Gasteiger partial charge in [-0.15, -0.1) is 10.2 Å². The molecule has 0 radical (unpaired) electrons. The molecule has 9 heteroatoms. The summed E-state index contributed by atoms with van der Waals surface area (Å²) in [7, 11) is 4.89. The Morgan fingerprint density at radius 2 is 1.79 bits per heavy atom. The summed E-state index contributed by atoms with van der Waals surface area (Å²) in [6, 6.07) is 11.2. The van der Waals surface area contributed by atoms with Gasteiger partial charge in [-0.05, 0) is 43.3 Å². The van der Waals surface area contributed by atoms with Crippen LogP contribution in [0.1, 0.15) is 6.92 Å². The van der Waals surface area contributed by atoms with Crippen molar-refractivity contribution in [3.05, 3.63) is 48.3 Å². The monoisotopic (exact) mass is 416 g/mol. The van der Waals surface area contributed by atoms with Crippen molar-refractivity contribution >= 4 is 23.4 Å². The van der Waals surface area contributed by atoms with Crippen molar-refractivity contribution in [2.24, 2.45) is 7.05 Å². The molecule has 0 aliphatic heterocycles. The number of halogens is 1. The number of nitrogens with one attached hydrogen (secondary N) is 1. The first-order valence-electron chi connectivity index (χ1n) is 8.77. The number of ether oxygens (including phenoxy) is 2. The van der Waals surface area contributed by atoms with E-state index in [4.69, 9.17) is 9.47 Å². The highest BCUT2D eigenvalue weighted by Crippen LogP contribution is 2.31. The van der Waals surface area contributed by atoms with E-state index in [1.54, 1.807) is 56.0 Å². The van der Waals surface area contributed by atoms with E-state index in [0.717, 1.165) is 5.56 Å². The third kappa shape index (κ3) is 4.68. The Balaban J connectivity index is 1.69. The number of rotatable bonds is 7. The molecule has 0 spiro atoms. The predicted molar refractivity (Wildman–Crippen MR) is 110 cm³/mol. The molecule has 1 atom stereocenters. The lowest BCUT2D eigenvalue weighted by Gasteiger charge is -2.13. The molecule has 0 aliphatic rings. The van der Waals surface area contributed by atoms with Gasteiger partial charge in [0.05, 0.1) is 19.5 Å². The van der Waals surface area contributed by atoms with Gasteiger partial charge >= 0.3 is 0 Å². The Hall–Kier alpha value is -3.07. The van der Waals surface area contributed by atoms with Crippen molar-refractivity contribution in [2.75, 3.05) is 19.5 Å². The molecule has 0 aliphatic carbocycles. The lowest BCUT2D eigenvalue weighted by atomic mass is 10.2. The maximum Gasteiger partial charge on any atom is 0.237 e. The van der Waals surface area contributed by atoms with Crippen molar-refractivity contribution in [3.8, 4) is 22.9 Å². The molecule has 0 saturated carbocycles. The topological polar surface area (TPSA) is 78.3 Å². The van der Waals surface area contributed by atoms with E-state index in [2.05, 4.69) is 15.5 Å². The summed E-state index contributed by atoms with van der Waals surface area (Å²) < 4.78 is 25.4. The number of anilines is 1. The standard InChI is InChI=1S/C20H21FN4O3S/c1-12(19(26)22-15-9-10-16(27-3)17(11-15)28-4)29-20-24-23-18(25(20)2)13-5-7-14(21)8-6-13/h5-12H,1-4H3,(H,22,26)/t12-/m0/s1. The van der Waals surface area contributed by atoms with Gasteiger partial charge in [0.2, 0.25) is 5.91 Å². The third-order valence-electron chi connectivity index (χ3n) is 4.24. The van der Waals surface area contributed by atoms with Crippen LogP contribution in [-0.2, 0) is 11.8 Å². The summed E-state index contributed by atoms with van der Waals surface area (Å²) in [5, 5.41) is 11.3. The number of aromatic nitrogens is 3. The second-order valence-electron chi connectivity index (χ2n) is 6.19. The summed E-state index contributed by atoms with van der Waals surface area (Å²) in [5.41, 5.74) is 1.35. The van der Waals surface area contributed by atoms with Crippen molar-refractivity contribution in [1.82, 2.24) is 14.8 Å². The van der Waals surface area contributed by atoms with E-state index in [1.165, 1.54) is 31.0 Å². The highest BCUT2D eigenvalue weighted by atomic mass is 32.2. The van der Waals surface area contributed by atoms with Gasteiger partial charge in [-0.1, -0.05) is 11.8 Å². The highest BCUT2D eigenvalue weighted by Gasteiger charge is 2.20. The van der Waals surface area contributed by atoms with E-state index >= 15 is 0 Å². The average Bonchev–Trinajstić information content (AvgIpc) is 3.08. The number of thioether (sulfide) groups is 1. The summed E-state index contributed by atoms with van der Waals surface area (Å²) in [5.74, 6) is 1.21. The smallest absolute Gasteiger partial charge is 0.237 e. The summed E-state index contributed by atoms with van der Waals surface area (Å²) in [6.45, 7) is 1.78. The molecule has 0 saturated heterocycles. The van der Waals surface area contributed by atoms with Gasteiger partial charge in [0, 0.05) is 24.4 Å². The first kappa shape index (κ1) is 20.7. The van der Waals surface area contributed by atoms with Gasteiger partial charge in [0.25, 0.3) is 0 Å². The minimum atomic E-state index is -0.424. The molecule has 1 aromatic heterocycles. The Morgan fingerprint density at radius 3 is 2.45 bits per heavy atom. The Bertz CT molecular complexity index is 1010.